The van der Waals surface area contributed by atoms with Crippen molar-refractivity contribution >= 4 is 0 Å². The van der Waals surface area contributed by atoms with E-state index in [-0.39, 0.29) is 0 Å². The number of rotatable bonds is 10. The SMILES string of the molecule is C/C(=C\CCC(C)CCC(C)C)CCCC(C)C. The molecular formula is C18H36. The summed E-state index contributed by atoms with van der Waals surface area (Å²) >= 11 is 0. The zero-order valence-electron chi connectivity index (χ0n) is 13.8. The zero-order chi connectivity index (χ0) is 14.0. The molecule has 0 N–H and O–H groups in total. The molecule has 0 bridgehead atoms. The minimum absolute atomic E-state index is 0.855. The van der Waals surface area contributed by atoms with Gasteiger partial charge in [-0.05, 0) is 50.4 Å². The number of allylic oxidation sites excluding steroid dienone is 2. The van der Waals surface area contributed by atoms with Crippen LogP contribution in [0, 0.1) is 17.8 Å². The second kappa shape index (κ2) is 10.6. The lowest BCUT2D eigenvalue weighted by Crippen LogP contribution is -1.97. The minimum Gasteiger partial charge on any atom is -0.0856 e. The third-order valence-corrected chi connectivity index (χ3v) is 3.74. The first-order valence-corrected chi connectivity index (χ1v) is 8.07. The molecule has 0 aromatic heterocycles. The molecule has 0 saturated carbocycles. The van der Waals surface area contributed by atoms with Crippen molar-refractivity contribution in [2.24, 2.45) is 17.8 Å². The topological polar surface area (TPSA) is 0 Å². The van der Waals surface area contributed by atoms with E-state index in [4.69, 9.17) is 0 Å². The third kappa shape index (κ3) is 12.2. The Morgan fingerprint density at radius 2 is 1.44 bits per heavy atom. The van der Waals surface area contributed by atoms with Crippen molar-refractivity contribution in [1.29, 1.82) is 0 Å². The van der Waals surface area contributed by atoms with Crippen molar-refractivity contribution in [2.75, 3.05) is 0 Å². The highest BCUT2D eigenvalue weighted by Gasteiger charge is 2.03. The van der Waals surface area contributed by atoms with Crippen LogP contribution in [-0.2, 0) is 0 Å². The molecule has 0 aliphatic carbocycles. The fraction of sp³-hybridized carbons (Fsp3) is 0.889. The molecule has 0 saturated heterocycles. The van der Waals surface area contributed by atoms with E-state index in [0.29, 0.717) is 0 Å². The molecule has 0 nitrogen and oxygen atoms in total. The van der Waals surface area contributed by atoms with Crippen molar-refractivity contribution in [3.05, 3.63) is 11.6 Å². The lowest BCUT2D eigenvalue weighted by Gasteiger charge is -2.12. The minimum atomic E-state index is 0.855. The lowest BCUT2D eigenvalue weighted by molar-refractivity contribution is 0.430. The summed E-state index contributed by atoms with van der Waals surface area (Å²) in [6, 6.07) is 0. The van der Waals surface area contributed by atoms with Gasteiger partial charge in [0.25, 0.3) is 0 Å². The van der Waals surface area contributed by atoms with Crippen molar-refractivity contribution in [2.45, 2.75) is 86.5 Å². The van der Waals surface area contributed by atoms with Gasteiger partial charge in [0.05, 0.1) is 0 Å². The van der Waals surface area contributed by atoms with E-state index in [0.717, 1.165) is 17.8 Å². The van der Waals surface area contributed by atoms with Gasteiger partial charge < -0.3 is 0 Å². The highest BCUT2D eigenvalue weighted by molar-refractivity contribution is 4.97. The van der Waals surface area contributed by atoms with Gasteiger partial charge in [-0.1, -0.05) is 65.5 Å². The maximum Gasteiger partial charge on any atom is -0.0323 e. The van der Waals surface area contributed by atoms with Crippen molar-refractivity contribution < 1.29 is 0 Å². The summed E-state index contributed by atoms with van der Waals surface area (Å²) in [6.07, 6.45) is 12.0. The van der Waals surface area contributed by atoms with Crippen LogP contribution in [0.1, 0.15) is 86.5 Å². The molecule has 108 valence electrons. The first kappa shape index (κ1) is 17.7. The maximum atomic E-state index is 2.48. The Balaban J connectivity index is 3.60. The van der Waals surface area contributed by atoms with E-state index in [2.05, 4.69) is 47.6 Å². The molecule has 0 heteroatoms. The molecule has 1 atom stereocenters. The normalized spacial score (nSPS) is 14.6. The molecular weight excluding hydrogens is 216 g/mol. The summed E-state index contributed by atoms with van der Waals surface area (Å²) in [6.45, 7) is 14.0. The summed E-state index contributed by atoms with van der Waals surface area (Å²) in [5.74, 6) is 2.61. The Kier molecular flexibility index (Phi) is 10.5. The van der Waals surface area contributed by atoms with Gasteiger partial charge in [-0.25, -0.2) is 0 Å². The molecule has 0 spiro atoms. The van der Waals surface area contributed by atoms with E-state index in [1.54, 1.807) is 5.57 Å². The van der Waals surface area contributed by atoms with Gasteiger partial charge in [-0.2, -0.15) is 0 Å². The van der Waals surface area contributed by atoms with Gasteiger partial charge in [0.1, 0.15) is 0 Å². The lowest BCUT2D eigenvalue weighted by atomic mass is 9.95. The van der Waals surface area contributed by atoms with Gasteiger partial charge >= 0.3 is 0 Å². The molecule has 0 aromatic rings. The standard InChI is InChI=1S/C18H36/c1-15(2)9-7-10-17(5)11-8-12-18(6)14-13-16(3)4/h11,15-16,18H,7-10,12-14H2,1-6H3/b17-11+. The first-order chi connectivity index (χ1) is 8.41. The average Bonchev–Trinajstić information content (AvgIpc) is 2.25. The first-order valence-electron chi connectivity index (χ1n) is 8.07. The predicted molar refractivity (Wildman–Crippen MR) is 84.9 cm³/mol. The van der Waals surface area contributed by atoms with Crippen LogP contribution >= 0.6 is 0 Å². The van der Waals surface area contributed by atoms with Crippen molar-refractivity contribution in [1.82, 2.24) is 0 Å². The number of hydrogen-bond acceptors (Lipinski definition) is 0. The molecule has 0 heterocycles. The molecule has 0 aromatic carbocycles. The predicted octanol–water partition coefficient (Wildman–Crippen LogP) is 6.61. The van der Waals surface area contributed by atoms with E-state index < -0.39 is 0 Å². The molecule has 0 fully saturated rings. The van der Waals surface area contributed by atoms with Crippen LogP contribution in [0.15, 0.2) is 11.6 Å². The van der Waals surface area contributed by atoms with Crippen LogP contribution in [0.5, 0.6) is 0 Å². The fourth-order valence-electron chi connectivity index (χ4n) is 2.27. The molecule has 0 rings (SSSR count). The van der Waals surface area contributed by atoms with Gasteiger partial charge in [-0.3, -0.25) is 0 Å². The molecule has 1 unspecified atom stereocenters. The van der Waals surface area contributed by atoms with Crippen molar-refractivity contribution in [3.63, 3.8) is 0 Å². The fourth-order valence-corrected chi connectivity index (χ4v) is 2.27. The molecule has 0 radical (unpaired) electrons. The van der Waals surface area contributed by atoms with E-state index in [1.807, 2.05) is 0 Å². The smallest absolute Gasteiger partial charge is 0.0323 e. The third-order valence-electron chi connectivity index (χ3n) is 3.74. The summed E-state index contributed by atoms with van der Waals surface area (Å²) in [5, 5.41) is 0. The summed E-state index contributed by atoms with van der Waals surface area (Å²) < 4.78 is 0. The second-order valence-corrected chi connectivity index (χ2v) is 6.99. The number of hydrogen-bond donors (Lipinski definition) is 0. The molecule has 0 aliphatic rings. The highest BCUT2D eigenvalue weighted by Crippen LogP contribution is 2.18. The second-order valence-electron chi connectivity index (χ2n) is 6.99. The Morgan fingerprint density at radius 1 is 0.833 bits per heavy atom. The summed E-state index contributed by atoms with van der Waals surface area (Å²) in [7, 11) is 0. The zero-order valence-corrected chi connectivity index (χ0v) is 13.8. The Morgan fingerprint density at radius 3 is 2.00 bits per heavy atom. The molecule has 0 aliphatic heterocycles. The van der Waals surface area contributed by atoms with Crippen LogP contribution < -0.4 is 0 Å². The average molecular weight is 252 g/mol. The largest absolute Gasteiger partial charge is 0.0856 e. The summed E-state index contributed by atoms with van der Waals surface area (Å²) in [4.78, 5) is 0. The van der Waals surface area contributed by atoms with Gasteiger partial charge in [0.15, 0.2) is 0 Å². The monoisotopic (exact) mass is 252 g/mol. The Labute approximate surface area is 116 Å². The van der Waals surface area contributed by atoms with E-state index in [1.165, 1.54) is 44.9 Å². The van der Waals surface area contributed by atoms with Gasteiger partial charge in [-0.15, -0.1) is 0 Å². The summed E-state index contributed by atoms with van der Waals surface area (Å²) in [5.41, 5.74) is 1.60. The quantitative estimate of drug-likeness (QED) is 0.384. The van der Waals surface area contributed by atoms with Crippen LogP contribution in [0.2, 0.25) is 0 Å². The van der Waals surface area contributed by atoms with Gasteiger partial charge in [0, 0.05) is 0 Å². The molecule has 0 amide bonds. The van der Waals surface area contributed by atoms with E-state index >= 15 is 0 Å². The van der Waals surface area contributed by atoms with Crippen LogP contribution in [0.3, 0.4) is 0 Å². The van der Waals surface area contributed by atoms with Gasteiger partial charge in [0.2, 0.25) is 0 Å². The van der Waals surface area contributed by atoms with E-state index in [9.17, 15) is 0 Å². The maximum absolute atomic E-state index is 2.48. The molecule has 18 heavy (non-hydrogen) atoms. The van der Waals surface area contributed by atoms with Crippen LogP contribution in [0.25, 0.3) is 0 Å². The van der Waals surface area contributed by atoms with Crippen LogP contribution in [0.4, 0.5) is 0 Å². The highest BCUT2D eigenvalue weighted by atomic mass is 14.1. The Bertz CT molecular complexity index is 210. The van der Waals surface area contributed by atoms with Crippen molar-refractivity contribution in [3.8, 4) is 0 Å². The van der Waals surface area contributed by atoms with Crippen LogP contribution in [-0.4, -0.2) is 0 Å². The Hall–Kier alpha value is -0.260.